The van der Waals surface area contributed by atoms with Crippen LogP contribution in [0.3, 0.4) is 0 Å². The number of azo groups is 1. The molecule has 1 aromatic rings. The van der Waals surface area contributed by atoms with Gasteiger partial charge in [-0.2, -0.15) is 23.7 Å². The molecule has 1 unspecified atom stereocenters. The molecule has 4 N–H and O–H groups in total. The first-order chi connectivity index (χ1) is 9.29. The van der Waals surface area contributed by atoms with Crippen LogP contribution in [-0.4, -0.2) is 30.6 Å². The van der Waals surface area contributed by atoms with E-state index in [0.29, 0.717) is 5.71 Å². The summed E-state index contributed by atoms with van der Waals surface area (Å²) in [7, 11) is -4.46. The fourth-order valence-corrected chi connectivity index (χ4v) is 2.15. The molecule has 0 saturated carbocycles. The van der Waals surface area contributed by atoms with Crippen molar-refractivity contribution in [3.05, 3.63) is 18.2 Å². The van der Waals surface area contributed by atoms with Crippen molar-refractivity contribution in [3.63, 3.8) is 0 Å². The van der Waals surface area contributed by atoms with Gasteiger partial charge in [-0.3, -0.25) is 9.35 Å². The Morgan fingerprint density at radius 3 is 2.70 bits per heavy atom. The van der Waals surface area contributed by atoms with E-state index < -0.39 is 27.0 Å². The number of hydrogen-bond acceptors (Lipinski definition) is 7. The van der Waals surface area contributed by atoms with E-state index in [2.05, 4.69) is 20.8 Å². The maximum Gasteiger partial charge on any atom is 0.296 e. The van der Waals surface area contributed by atoms with Gasteiger partial charge in [0.05, 0.1) is 5.71 Å². The van der Waals surface area contributed by atoms with Crippen molar-refractivity contribution in [1.29, 1.82) is 0 Å². The van der Waals surface area contributed by atoms with Gasteiger partial charge in [-0.15, -0.1) is 0 Å². The van der Waals surface area contributed by atoms with E-state index in [-0.39, 0.29) is 11.4 Å². The van der Waals surface area contributed by atoms with Gasteiger partial charge in [0.25, 0.3) is 16.0 Å². The fourth-order valence-electron chi connectivity index (χ4n) is 1.54. The fraction of sp³-hybridized carbons (Fsp3) is 0.200. The highest BCUT2D eigenvalue weighted by Crippen LogP contribution is 2.27. The Morgan fingerprint density at radius 2 is 2.15 bits per heavy atom. The van der Waals surface area contributed by atoms with Crippen LogP contribution in [0.2, 0.25) is 0 Å². The van der Waals surface area contributed by atoms with Crippen molar-refractivity contribution >= 4 is 33.1 Å². The highest BCUT2D eigenvalue weighted by atomic mass is 32.2. The number of carbonyl (C=O) groups is 1. The number of nitrogens with zero attached hydrogens (tertiary/aromatic N) is 3. The molecular weight excluding hydrogens is 286 g/mol. The number of nitrogens with two attached hydrogens (primary N) is 1. The lowest BCUT2D eigenvalue weighted by Crippen LogP contribution is -2.25. The van der Waals surface area contributed by atoms with Crippen LogP contribution < -0.4 is 11.2 Å². The number of hydrazone groups is 1. The topological polar surface area (TPSA) is 147 Å². The molecule has 0 aromatic heterocycles. The molecule has 10 heteroatoms. The van der Waals surface area contributed by atoms with Crippen LogP contribution in [0.4, 0.5) is 11.4 Å². The quantitative estimate of drug-likeness (QED) is 0.421. The van der Waals surface area contributed by atoms with Gasteiger partial charge in [0.1, 0.15) is 10.6 Å². The summed E-state index contributed by atoms with van der Waals surface area (Å²) in [5, 5.41) is 11.1. The van der Waals surface area contributed by atoms with E-state index in [0.717, 1.165) is 6.07 Å². The summed E-state index contributed by atoms with van der Waals surface area (Å²) in [6.07, 6.45) is 0. The van der Waals surface area contributed by atoms with Gasteiger partial charge in [0, 0.05) is 5.69 Å². The zero-order valence-electron chi connectivity index (χ0n) is 10.3. The van der Waals surface area contributed by atoms with Gasteiger partial charge in [0.2, 0.25) is 0 Å². The minimum atomic E-state index is -4.46. The lowest BCUT2D eigenvalue weighted by molar-refractivity contribution is -0.120. The molecule has 1 atom stereocenters. The van der Waals surface area contributed by atoms with Crippen molar-refractivity contribution in [2.75, 3.05) is 5.73 Å². The lowest BCUT2D eigenvalue weighted by atomic mass is 10.2. The normalized spacial score (nSPS) is 19.2. The maximum absolute atomic E-state index is 11.4. The van der Waals surface area contributed by atoms with Gasteiger partial charge in [-0.25, -0.2) is 5.43 Å². The van der Waals surface area contributed by atoms with Gasteiger partial charge < -0.3 is 5.73 Å². The van der Waals surface area contributed by atoms with Crippen LogP contribution in [0.5, 0.6) is 0 Å². The van der Waals surface area contributed by atoms with E-state index in [1.165, 1.54) is 12.1 Å². The average molecular weight is 297 g/mol. The Labute approximate surface area is 114 Å². The summed E-state index contributed by atoms with van der Waals surface area (Å²) in [6.45, 7) is 1.57. The number of nitrogen functional groups attached to an aromatic ring is 1. The molecule has 1 aliphatic rings. The van der Waals surface area contributed by atoms with Gasteiger partial charge in [0.15, 0.2) is 6.04 Å². The van der Waals surface area contributed by atoms with Crippen molar-refractivity contribution in [2.24, 2.45) is 15.3 Å². The standard InChI is InChI=1S/C10H11N5O4S/c1-5-9(10(16)15-12-5)14-13-7-4-6(11)2-3-8(7)20(17,18)19/h2-4,9H,11H2,1H3,(H,15,16)(H,17,18,19). The van der Waals surface area contributed by atoms with Crippen LogP contribution >= 0.6 is 0 Å². The number of hydrogen-bond donors (Lipinski definition) is 3. The molecule has 0 spiro atoms. The number of benzene rings is 1. The SMILES string of the molecule is CC1=NNC(=O)C1N=Nc1cc(N)ccc1S(=O)(=O)O. The molecule has 0 saturated heterocycles. The van der Waals surface area contributed by atoms with Crippen LogP contribution in [0.25, 0.3) is 0 Å². The van der Waals surface area contributed by atoms with Gasteiger partial charge in [-0.05, 0) is 25.1 Å². The zero-order chi connectivity index (χ0) is 14.9. The summed E-state index contributed by atoms with van der Waals surface area (Å²) in [4.78, 5) is 10.9. The molecule has 0 fully saturated rings. The maximum atomic E-state index is 11.4. The number of carbonyl (C=O) groups excluding carboxylic acids is 1. The zero-order valence-corrected chi connectivity index (χ0v) is 11.1. The van der Waals surface area contributed by atoms with E-state index >= 15 is 0 Å². The van der Waals surface area contributed by atoms with E-state index in [1.807, 2.05) is 0 Å². The molecule has 2 rings (SSSR count). The minimum Gasteiger partial charge on any atom is -0.399 e. The molecule has 106 valence electrons. The first-order valence-corrected chi connectivity index (χ1v) is 6.85. The summed E-state index contributed by atoms with van der Waals surface area (Å²) < 4.78 is 31.5. The molecule has 1 aromatic carbocycles. The Hall–Kier alpha value is -2.33. The molecule has 0 radical (unpaired) electrons. The van der Waals surface area contributed by atoms with Gasteiger partial charge >= 0.3 is 0 Å². The predicted molar refractivity (Wildman–Crippen MR) is 70.2 cm³/mol. The average Bonchev–Trinajstić information content (AvgIpc) is 2.65. The molecular formula is C10H11N5O4S. The third-order valence-corrected chi connectivity index (χ3v) is 3.43. The first-order valence-electron chi connectivity index (χ1n) is 5.41. The third kappa shape index (κ3) is 2.81. The minimum absolute atomic E-state index is 0.153. The van der Waals surface area contributed by atoms with Crippen LogP contribution in [0.1, 0.15) is 6.92 Å². The van der Waals surface area contributed by atoms with Crippen molar-refractivity contribution < 1.29 is 17.8 Å². The first kappa shape index (κ1) is 14.1. The highest BCUT2D eigenvalue weighted by molar-refractivity contribution is 7.86. The number of anilines is 1. The summed E-state index contributed by atoms with van der Waals surface area (Å²) >= 11 is 0. The predicted octanol–water partition coefficient (Wildman–Crippen LogP) is 0.474. The molecule has 0 bridgehead atoms. The molecule has 1 heterocycles. The number of nitrogens with one attached hydrogen (secondary N) is 1. The Balaban J connectivity index is 2.41. The third-order valence-electron chi connectivity index (χ3n) is 2.53. The molecule has 1 aliphatic heterocycles. The van der Waals surface area contributed by atoms with E-state index in [1.54, 1.807) is 6.92 Å². The van der Waals surface area contributed by atoms with Crippen LogP contribution in [0, 0.1) is 0 Å². The molecule has 1 amide bonds. The highest BCUT2D eigenvalue weighted by Gasteiger charge is 2.27. The van der Waals surface area contributed by atoms with Crippen molar-refractivity contribution in [2.45, 2.75) is 17.9 Å². The van der Waals surface area contributed by atoms with Crippen molar-refractivity contribution in [1.82, 2.24) is 5.43 Å². The number of rotatable bonds is 3. The Bertz CT molecular complexity index is 725. The second-order valence-electron chi connectivity index (χ2n) is 4.05. The van der Waals surface area contributed by atoms with Gasteiger partial charge in [-0.1, -0.05) is 0 Å². The smallest absolute Gasteiger partial charge is 0.296 e. The van der Waals surface area contributed by atoms with Crippen LogP contribution in [0.15, 0.2) is 38.4 Å². The summed E-state index contributed by atoms with van der Waals surface area (Å²) in [5.41, 5.74) is 8.23. The molecule has 20 heavy (non-hydrogen) atoms. The van der Waals surface area contributed by atoms with Crippen LogP contribution in [-0.2, 0) is 14.9 Å². The summed E-state index contributed by atoms with van der Waals surface area (Å²) in [6, 6.07) is 2.71. The van der Waals surface area contributed by atoms with Crippen molar-refractivity contribution in [3.8, 4) is 0 Å². The largest absolute Gasteiger partial charge is 0.399 e. The number of amides is 1. The van der Waals surface area contributed by atoms with E-state index in [4.69, 9.17) is 10.3 Å². The Morgan fingerprint density at radius 1 is 1.45 bits per heavy atom. The van der Waals surface area contributed by atoms with E-state index in [9.17, 15) is 13.2 Å². The molecule has 0 aliphatic carbocycles. The molecule has 9 nitrogen and oxygen atoms in total. The summed E-state index contributed by atoms with van der Waals surface area (Å²) in [5.74, 6) is -0.469. The second kappa shape index (κ2) is 4.98. The Kier molecular flexibility index (Phi) is 3.51. The monoisotopic (exact) mass is 297 g/mol. The lowest BCUT2D eigenvalue weighted by Gasteiger charge is -2.04. The second-order valence-corrected chi connectivity index (χ2v) is 5.44.